The maximum Gasteiger partial charge on any atom is 0.405 e. The Morgan fingerprint density at radius 1 is 1.20 bits per heavy atom. The van der Waals surface area contributed by atoms with Crippen LogP contribution in [0.4, 0.5) is 18.0 Å². The van der Waals surface area contributed by atoms with E-state index in [0.717, 1.165) is 12.8 Å². The van der Waals surface area contributed by atoms with Crippen molar-refractivity contribution in [3.63, 3.8) is 0 Å². The van der Waals surface area contributed by atoms with E-state index < -0.39 is 18.8 Å². The van der Waals surface area contributed by atoms with Gasteiger partial charge < -0.3 is 15.3 Å². The van der Waals surface area contributed by atoms with E-state index in [0.29, 0.717) is 13.1 Å². The van der Waals surface area contributed by atoms with Crippen molar-refractivity contribution in [1.82, 2.24) is 10.2 Å². The average molecular weight is 302 g/mol. The van der Waals surface area contributed by atoms with Crippen molar-refractivity contribution >= 4 is 12.5 Å². The van der Waals surface area contributed by atoms with Crippen molar-refractivity contribution in [2.75, 3.05) is 19.6 Å². The van der Waals surface area contributed by atoms with Gasteiger partial charge in [0.2, 0.25) is 0 Å². The maximum absolute atomic E-state index is 11.7. The smallest absolute Gasteiger partial charge is 0.405 e. The van der Waals surface area contributed by atoms with Crippen LogP contribution in [-0.2, 0) is 4.79 Å². The SMILES string of the molecule is CC.CC.O=C(NCC(F)(F)F)N1CCCC1.O=CO. The van der Waals surface area contributed by atoms with E-state index in [9.17, 15) is 18.0 Å². The first kappa shape index (κ1) is 23.6. The molecule has 2 amide bonds. The van der Waals surface area contributed by atoms with Crippen LogP contribution in [0.1, 0.15) is 40.5 Å². The van der Waals surface area contributed by atoms with Crippen LogP contribution < -0.4 is 5.32 Å². The molecule has 1 fully saturated rings. The van der Waals surface area contributed by atoms with Gasteiger partial charge in [0.15, 0.2) is 0 Å². The van der Waals surface area contributed by atoms with Crippen molar-refractivity contribution in [1.29, 1.82) is 0 Å². The number of hydrogen-bond donors (Lipinski definition) is 2. The highest BCUT2D eigenvalue weighted by molar-refractivity contribution is 5.74. The molecule has 0 atom stereocenters. The molecule has 0 aromatic carbocycles. The van der Waals surface area contributed by atoms with Gasteiger partial charge in [-0.25, -0.2) is 4.79 Å². The molecule has 0 aromatic heterocycles. The monoisotopic (exact) mass is 302 g/mol. The zero-order valence-corrected chi connectivity index (χ0v) is 12.5. The molecule has 0 radical (unpaired) electrons. The molecule has 1 rings (SSSR count). The molecular weight excluding hydrogens is 277 g/mol. The minimum absolute atomic E-state index is 0.250. The first-order valence-corrected chi connectivity index (χ1v) is 6.58. The number of urea groups is 1. The molecule has 1 aliphatic rings. The van der Waals surface area contributed by atoms with Gasteiger partial charge in [-0.2, -0.15) is 13.2 Å². The summed E-state index contributed by atoms with van der Waals surface area (Å²) in [6, 6.07) is -0.616. The fourth-order valence-corrected chi connectivity index (χ4v) is 1.21. The highest BCUT2D eigenvalue weighted by Gasteiger charge is 2.29. The maximum atomic E-state index is 11.7. The third-order valence-corrected chi connectivity index (χ3v) is 1.83. The standard InChI is InChI=1S/C7H11F3N2O.2C2H6.CH2O2/c8-7(9,10)5-11-6(13)12-3-1-2-4-12;2*1-2;2-1-3/h1-5H2,(H,11,13);2*1-2H3;1H,(H,2,3). The molecule has 0 saturated carbocycles. The van der Waals surface area contributed by atoms with E-state index >= 15 is 0 Å². The van der Waals surface area contributed by atoms with Crippen molar-refractivity contribution in [3.05, 3.63) is 0 Å². The number of carboxylic acid groups (broad SMARTS) is 1. The topological polar surface area (TPSA) is 69.6 Å². The van der Waals surface area contributed by atoms with Gasteiger partial charge in [0, 0.05) is 13.1 Å². The van der Waals surface area contributed by atoms with Gasteiger partial charge in [0.25, 0.3) is 6.47 Å². The number of nitrogens with one attached hydrogen (secondary N) is 1. The first-order chi connectivity index (χ1) is 9.40. The van der Waals surface area contributed by atoms with Crippen LogP contribution in [0.25, 0.3) is 0 Å². The Bertz CT molecular complexity index is 230. The fraction of sp³-hybridized carbons (Fsp3) is 0.833. The molecule has 2 N–H and O–H groups in total. The molecule has 0 aliphatic carbocycles. The van der Waals surface area contributed by atoms with Gasteiger partial charge in [0.05, 0.1) is 0 Å². The third-order valence-electron chi connectivity index (χ3n) is 1.83. The van der Waals surface area contributed by atoms with Gasteiger partial charge in [-0.1, -0.05) is 27.7 Å². The number of nitrogens with zero attached hydrogens (tertiary/aromatic N) is 1. The summed E-state index contributed by atoms with van der Waals surface area (Å²) in [4.78, 5) is 20.8. The summed E-state index contributed by atoms with van der Waals surface area (Å²) in [5.74, 6) is 0. The molecule has 5 nitrogen and oxygen atoms in total. The van der Waals surface area contributed by atoms with Gasteiger partial charge in [-0.05, 0) is 12.8 Å². The van der Waals surface area contributed by atoms with Crippen LogP contribution >= 0.6 is 0 Å². The number of likely N-dealkylation sites (tertiary alicyclic amines) is 1. The summed E-state index contributed by atoms with van der Waals surface area (Å²) in [5.41, 5.74) is 0. The Balaban J connectivity index is -0.000000355. The summed E-state index contributed by atoms with van der Waals surface area (Å²) in [6.45, 7) is 7.62. The highest BCUT2D eigenvalue weighted by atomic mass is 19.4. The van der Waals surface area contributed by atoms with E-state index in [-0.39, 0.29) is 6.47 Å². The minimum Gasteiger partial charge on any atom is -0.483 e. The van der Waals surface area contributed by atoms with Gasteiger partial charge >= 0.3 is 12.2 Å². The molecule has 1 heterocycles. The summed E-state index contributed by atoms with van der Waals surface area (Å²) in [6.07, 6.45) is -2.58. The van der Waals surface area contributed by atoms with E-state index in [1.165, 1.54) is 4.90 Å². The Hall–Kier alpha value is -1.47. The lowest BCUT2D eigenvalue weighted by molar-refractivity contribution is -0.123. The second kappa shape index (κ2) is 15.6. The molecule has 1 aliphatic heterocycles. The molecule has 20 heavy (non-hydrogen) atoms. The van der Waals surface area contributed by atoms with E-state index in [4.69, 9.17) is 9.90 Å². The number of amides is 2. The van der Waals surface area contributed by atoms with Crippen LogP contribution in [0.2, 0.25) is 0 Å². The van der Waals surface area contributed by atoms with Crippen molar-refractivity contribution in [2.45, 2.75) is 46.7 Å². The normalized spacial score (nSPS) is 12.7. The zero-order valence-electron chi connectivity index (χ0n) is 12.5. The zero-order chi connectivity index (χ0) is 16.6. The molecule has 0 aromatic rings. The third kappa shape index (κ3) is 16.5. The summed E-state index contributed by atoms with van der Waals surface area (Å²) in [7, 11) is 0. The van der Waals surface area contributed by atoms with Crippen molar-refractivity contribution in [3.8, 4) is 0 Å². The van der Waals surface area contributed by atoms with Crippen LogP contribution in [-0.4, -0.2) is 48.3 Å². The van der Waals surface area contributed by atoms with Crippen molar-refractivity contribution in [2.24, 2.45) is 0 Å². The molecule has 122 valence electrons. The Kier molecular flexibility index (Phi) is 18.4. The summed E-state index contributed by atoms with van der Waals surface area (Å²) >= 11 is 0. The van der Waals surface area contributed by atoms with Crippen LogP contribution in [0.15, 0.2) is 0 Å². The fourth-order valence-electron chi connectivity index (χ4n) is 1.21. The molecule has 1 saturated heterocycles. The van der Waals surface area contributed by atoms with Gasteiger partial charge in [0.1, 0.15) is 6.54 Å². The summed E-state index contributed by atoms with van der Waals surface area (Å²) < 4.78 is 35.0. The Labute approximate surface area is 118 Å². The number of carbonyl (C=O) groups excluding carboxylic acids is 1. The largest absolute Gasteiger partial charge is 0.483 e. The van der Waals surface area contributed by atoms with Gasteiger partial charge in [-0.3, -0.25) is 4.79 Å². The lowest BCUT2D eigenvalue weighted by Gasteiger charge is -2.16. The van der Waals surface area contributed by atoms with Crippen LogP contribution in [0.5, 0.6) is 0 Å². The number of halogens is 3. The lowest BCUT2D eigenvalue weighted by atomic mass is 10.4. The Morgan fingerprint density at radius 2 is 1.55 bits per heavy atom. The van der Waals surface area contributed by atoms with E-state index in [1.807, 2.05) is 33.0 Å². The summed E-state index contributed by atoms with van der Waals surface area (Å²) in [5, 5.41) is 8.72. The first-order valence-electron chi connectivity index (χ1n) is 6.58. The average Bonchev–Trinajstić information content (AvgIpc) is 2.95. The molecular formula is C12H25F3N2O3. The second-order valence-corrected chi connectivity index (χ2v) is 3.07. The van der Waals surface area contributed by atoms with E-state index in [2.05, 4.69) is 0 Å². The predicted octanol–water partition coefficient (Wildman–Crippen LogP) is 3.11. The number of rotatable bonds is 1. The van der Waals surface area contributed by atoms with Crippen molar-refractivity contribution < 1.29 is 27.9 Å². The van der Waals surface area contributed by atoms with Gasteiger partial charge in [-0.15, -0.1) is 0 Å². The van der Waals surface area contributed by atoms with Crippen LogP contribution in [0, 0.1) is 0 Å². The number of carbonyl (C=O) groups is 2. The molecule has 8 heteroatoms. The minimum atomic E-state index is -4.32. The molecule has 0 unspecified atom stereocenters. The quantitative estimate of drug-likeness (QED) is 0.731. The van der Waals surface area contributed by atoms with E-state index in [1.54, 1.807) is 0 Å². The number of hydrogen-bond acceptors (Lipinski definition) is 2. The molecule has 0 spiro atoms. The lowest BCUT2D eigenvalue weighted by Crippen LogP contribution is -2.42. The van der Waals surface area contributed by atoms with Crippen LogP contribution in [0.3, 0.4) is 0 Å². The predicted molar refractivity (Wildman–Crippen MR) is 71.6 cm³/mol. The molecule has 0 bridgehead atoms. The Morgan fingerprint density at radius 3 is 1.85 bits per heavy atom. The second-order valence-electron chi connectivity index (χ2n) is 3.07. The highest BCUT2D eigenvalue weighted by Crippen LogP contribution is 2.13. The number of alkyl halides is 3.